The summed E-state index contributed by atoms with van der Waals surface area (Å²) in [4.78, 5) is 13.3. The molecule has 4 heteroatoms. The fourth-order valence-electron chi connectivity index (χ4n) is 1.35. The fourth-order valence-corrected chi connectivity index (χ4v) is 1.35. The molecule has 4 nitrogen and oxygen atoms in total. The maximum atomic E-state index is 11.3. The van der Waals surface area contributed by atoms with Crippen LogP contribution < -0.4 is 0 Å². The average molecular weight is 245 g/mol. The van der Waals surface area contributed by atoms with Gasteiger partial charge in [-0.3, -0.25) is 9.69 Å². The van der Waals surface area contributed by atoms with Crippen LogP contribution >= 0.6 is 0 Å². The van der Waals surface area contributed by atoms with Gasteiger partial charge < -0.3 is 9.47 Å². The molecule has 0 aromatic heterocycles. The molecule has 0 aliphatic carbocycles. The minimum Gasteiger partial charge on any atom is -0.465 e. The van der Waals surface area contributed by atoms with Gasteiger partial charge in [0.2, 0.25) is 0 Å². The van der Waals surface area contributed by atoms with Crippen molar-refractivity contribution in [1.82, 2.24) is 4.90 Å². The lowest BCUT2D eigenvalue weighted by atomic mass is 10.1. The molecule has 0 rings (SSSR count). The lowest BCUT2D eigenvalue weighted by molar-refractivity contribution is -0.144. The number of carbonyl (C=O) groups excluding carboxylic acids is 1. The SMILES string of the molecule is CCOC(=O)CN(CC)CCOCCC(C)C. The van der Waals surface area contributed by atoms with E-state index in [2.05, 4.69) is 13.8 Å². The Bertz CT molecular complexity index is 195. The Morgan fingerprint density at radius 1 is 1.24 bits per heavy atom. The van der Waals surface area contributed by atoms with Crippen molar-refractivity contribution in [2.24, 2.45) is 5.92 Å². The smallest absolute Gasteiger partial charge is 0.320 e. The monoisotopic (exact) mass is 245 g/mol. The highest BCUT2D eigenvalue weighted by Crippen LogP contribution is 1.99. The summed E-state index contributed by atoms with van der Waals surface area (Å²) >= 11 is 0. The topological polar surface area (TPSA) is 38.8 Å². The van der Waals surface area contributed by atoms with Gasteiger partial charge in [-0.25, -0.2) is 0 Å². The van der Waals surface area contributed by atoms with E-state index in [-0.39, 0.29) is 5.97 Å². The normalized spacial score (nSPS) is 11.2. The van der Waals surface area contributed by atoms with Gasteiger partial charge in [0.25, 0.3) is 0 Å². The summed E-state index contributed by atoms with van der Waals surface area (Å²) in [5.41, 5.74) is 0. The molecule has 0 aliphatic heterocycles. The number of ether oxygens (including phenoxy) is 2. The molecule has 102 valence electrons. The number of hydrogen-bond acceptors (Lipinski definition) is 4. The van der Waals surface area contributed by atoms with E-state index < -0.39 is 0 Å². The molecule has 0 heterocycles. The third-order valence-corrected chi connectivity index (χ3v) is 2.50. The van der Waals surface area contributed by atoms with E-state index in [0.717, 1.165) is 26.1 Å². The van der Waals surface area contributed by atoms with E-state index in [1.165, 1.54) is 0 Å². The first-order valence-electron chi connectivity index (χ1n) is 6.55. The Balaban J connectivity index is 3.57. The van der Waals surface area contributed by atoms with Crippen molar-refractivity contribution in [3.05, 3.63) is 0 Å². The fraction of sp³-hybridized carbons (Fsp3) is 0.923. The van der Waals surface area contributed by atoms with Crippen LogP contribution in [0, 0.1) is 5.92 Å². The van der Waals surface area contributed by atoms with Crippen LogP contribution in [0.3, 0.4) is 0 Å². The Morgan fingerprint density at radius 2 is 1.94 bits per heavy atom. The molecular weight excluding hydrogens is 218 g/mol. The van der Waals surface area contributed by atoms with E-state index >= 15 is 0 Å². The van der Waals surface area contributed by atoms with Crippen LogP contribution in [0.25, 0.3) is 0 Å². The van der Waals surface area contributed by atoms with Gasteiger partial charge in [0.15, 0.2) is 0 Å². The number of hydrogen-bond donors (Lipinski definition) is 0. The molecule has 0 aromatic carbocycles. The maximum Gasteiger partial charge on any atom is 0.320 e. The third kappa shape index (κ3) is 10.3. The van der Waals surface area contributed by atoms with Crippen LogP contribution in [-0.2, 0) is 14.3 Å². The van der Waals surface area contributed by atoms with Crippen LogP contribution in [0.5, 0.6) is 0 Å². The van der Waals surface area contributed by atoms with Crippen molar-refractivity contribution in [3.63, 3.8) is 0 Å². The van der Waals surface area contributed by atoms with Gasteiger partial charge in [0.05, 0.1) is 19.8 Å². The van der Waals surface area contributed by atoms with Crippen molar-refractivity contribution in [3.8, 4) is 0 Å². The molecule has 0 bridgehead atoms. The van der Waals surface area contributed by atoms with Crippen LogP contribution in [-0.4, -0.2) is 50.3 Å². The zero-order chi connectivity index (χ0) is 13.1. The first kappa shape index (κ1) is 16.4. The quantitative estimate of drug-likeness (QED) is 0.435. The van der Waals surface area contributed by atoms with Crippen molar-refractivity contribution in [2.75, 3.05) is 39.5 Å². The van der Waals surface area contributed by atoms with E-state index in [9.17, 15) is 4.79 Å². The molecule has 0 spiro atoms. The van der Waals surface area contributed by atoms with Gasteiger partial charge in [-0.15, -0.1) is 0 Å². The summed E-state index contributed by atoms with van der Waals surface area (Å²) in [6, 6.07) is 0. The second kappa shape index (κ2) is 10.5. The zero-order valence-electron chi connectivity index (χ0n) is 11.7. The highest BCUT2D eigenvalue weighted by atomic mass is 16.5. The first-order chi connectivity index (χ1) is 8.10. The molecule has 17 heavy (non-hydrogen) atoms. The average Bonchev–Trinajstić information content (AvgIpc) is 2.27. The minimum atomic E-state index is -0.156. The Hall–Kier alpha value is -0.610. The third-order valence-electron chi connectivity index (χ3n) is 2.50. The van der Waals surface area contributed by atoms with E-state index in [1.807, 2.05) is 18.7 Å². The van der Waals surface area contributed by atoms with E-state index in [0.29, 0.717) is 25.7 Å². The summed E-state index contributed by atoms with van der Waals surface area (Å²) in [6.07, 6.45) is 1.09. The predicted octanol–water partition coefficient (Wildman–Crippen LogP) is 1.93. The largest absolute Gasteiger partial charge is 0.465 e. The molecule has 0 fully saturated rings. The molecule has 0 saturated heterocycles. The van der Waals surface area contributed by atoms with Crippen molar-refractivity contribution in [1.29, 1.82) is 0 Å². The van der Waals surface area contributed by atoms with Gasteiger partial charge in [-0.05, 0) is 25.8 Å². The molecule has 0 aromatic rings. The molecule has 0 aliphatic rings. The lowest BCUT2D eigenvalue weighted by Gasteiger charge is -2.19. The summed E-state index contributed by atoms with van der Waals surface area (Å²) in [6.45, 7) is 12.1. The predicted molar refractivity (Wildman–Crippen MR) is 69.0 cm³/mol. The van der Waals surface area contributed by atoms with Gasteiger partial charge in [-0.1, -0.05) is 20.8 Å². The maximum absolute atomic E-state index is 11.3. The Kier molecular flexibility index (Phi) is 10.2. The first-order valence-corrected chi connectivity index (χ1v) is 6.55. The highest BCUT2D eigenvalue weighted by Gasteiger charge is 2.09. The Labute approximate surface area is 105 Å². The van der Waals surface area contributed by atoms with Crippen molar-refractivity contribution in [2.45, 2.75) is 34.1 Å². The van der Waals surface area contributed by atoms with Gasteiger partial charge in [0, 0.05) is 13.2 Å². The van der Waals surface area contributed by atoms with E-state index in [1.54, 1.807) is 0 Å². The second-order valence-corrected chi connectivity index (χ2v) is 4.47. The zero-order valence-corrected chi connectivity index (χ0v) is 11.7. The van der Waals surface area contributed by atoms with Gasteiger partial charge in [-0.2, -0.15) is 0 Å². The summed E-state index contributed by atoms with van der Waals surface area (Å²) in [7, 11) is 0. The molecule has 0 atom stereocenters. The lowest BCUT2D eigenvalue weighted by Crippen LogP contribution is -2.33. The van der Waals surface area contributed by atoms with Crippen molar-refractivity contribution >= 4 is 5.97 Å². The number of esters is 1. The van der Waals surface area contributed by atoms with Crippen LogP contribution in [0.4, 0.5) is 0 Å². The summed E-state index contributed by atoms with van der Waals surface area (Å²) < 4.78 is 10.4. The van der Waals surface area contributed by atoms with Crippen LogP contribution in [0.2, 0.25) is 0 Å². The highest BCUT2D eigenvalue weighted by molar-refractivity contribution is 5.71. The second-order valence-electron chi connectivity index (χ2n) is 4.47. The number of rotatable bonds is 10. The van der Waals surface area contributed by atoms with Gasteiger partial charge in [0.1, 0.15) is 0 Å². The molecule has 0 N–H and O–H groups in total. The summed E-state index contributed by atoms with van der Waals surface area (Å²) in [5.74, 6) is 0.522. The molecule has 0 radical (unpaired) electrons. The molecular formula is C13H27NO3. The van der Waals surface area contributed by atoms with E-state index in [4.69, 9.17) is 9.47 Å². The van der Waals surface area contributed by atoms with Crippen molar-refractivity contribution < 1.29 is 14.3 Å². The van der Waals surface area contributed by atoms with Gasteiger partial charge >= 0.3 is 5.97 Å². The molecule has 0 unspecified atom stereocenters. The number of likely N-dealkylation sites (N-methyl/N-ethyl adjacent to an activating group) is 1. The standard InChI is InChI=1S/C13H27NO3/c1-5-14(11-13(15)17-6-2)8-10-16-9-7-12(3)4/h12H,5-11H2,1-4H3. The minimum absolute atomic E-state index is 0.156. The number of carbonyl (C=O) groups is 1. The number of nitrogens with zero attached hydrogens (tertiary/aromatic N) is 1. The van der Waals surface area contributed by atoms with Crippen LogP contribution in [0.15, 0.2) is 0 Å². The molecule has 0 amide bonds. The molecule has 0 saturated carbocycles. The summed E-state index contributed by atoms with van der Waals surface area (Å²) in [5, 5.41) is 0. The van der Waals surface area contributed by atoms with Crippen LogP contribution in [0.1, 0.15) is 34.1 Å². The Morgan fingerprint density at radius 3 is 2.47 bits per heavy atom.